The Morgan fingerprint density at radius 2 is 0.471 bits per heavy atom. The molecule has 0 amide bonds. The van der Waals surface area contributed by atoms with E-state index in [1.54, 1.807) is 0 Å². The molecule has 14 nitrogen and oxygen atoms in total. The summed E-state index contributed by atoms with van der Waals surface area (Å²) in [5.74, 6) is 0. The van der Waals surface area contributed by atoms with E-state index in [1.165, 1.54) is 0 Å². The van der Waals surface area contributed by atoms with Crippen molar-refractivity contribution in [1.29, 1.82) is 0 Å². The third-order valence-corrected chi connectivity index (χ3v) is 0. The van der Waals surface area contributed by atoms with Gasteiger partial charge in [-0.2, -0.15) is 28.0 Å². The molecule has 0 spiro atoms. The van der Waals surface area contributed by atoms with Crippen molar-refractivity contribution in [3.8, 4) is 0 Å². The van der Waals surface area contributed by atoms with E-state index in [1.807, 2.05) is 0 Å². The van der Waals surface area contributed by atoms with Crippen molar-refractivity contribution in [3.63, 3.8) is 0 Å². The average molecular weight is 368 g/mol. The molecule has 0 saturated carbocycles. The summed E-state index contributed by atoms with van der Waals surface area (Å²) in [6, 6.07) is 0. The largest absolute Gasteiger partial charge is 0.412 e. The summed E-state index contributed by atoms with van der Waals surface area (Å²) in [6.07, 6.45) is 0. The molecule has 121 valence electrons. The van der Waals surface area contributed by atoms with Gasteiger partial charge in [-0.1, -0.05) is 0 Å². The van der Waals surface area contributed by atoms with Crippen LogP contribution in [0.15, 0.2) is 0 Å². The van der Waals surface area contributed by atoms with Gasteiger partial charge >= 0.3 is 0 Å². The molecule has 0 unspecified atom stereocenters. The fourth-order valence-corrected chi connectivity index (χ4v) is 0. The van der Waals surface area contributed by atoms with Crippen molar-refractivity contribution in [1.82, 2.24) is 0 Å². The van der Waals surface area contributed by atoms with Crippen molar-refractivity contribution >= 4 is 0 Å². The number of halogens is 2. The molecule has 17 heteroatoms. The molecule has 0 aliphatic heterocycles. The Balaban J connectivity index is -0.00000000762. The Morgan fingerprint density at radius 3 is 0.471 bits per heavy atom. The summed E-state index contributed by atoms with van der Waals surface area (Å²) in [6.45, 7) is 0. The monoisotopic (exact) mass is 367 g/mol. The molecular weight excluding hydrogens is 354 g/mol. The van der Waals surface area contributed by atoms with Crippen LogP contribution in [0.5, 0.6) is 0 Å². The van der Waals surface area contributed by atoms with E-state index in [0.717, 1.165) is 0 Å². The summed E-state index contributed by atoms with van der Waals surface area (Å²) in [4.78, 5) is 0. The predicted molar refractivity (Wildman–Crippen MR) is 26.1 cm³/mol. The van der Waals surface area contributed by atoms with Gasteiger partial charge in [-0.05, 0) is 0 Å². The second-order valence-corrected chi connectivity index (χ2v) is 2.38. The molecule has 1 radical (unpaired) electrons. The fourth-order valence-electron chi connectivity index (χ4n) is 0. The molecular formula is H14Cl2CoO14. The van der Waals surface area contributed by atoms with Crippen molar-refractivity contribution in [2.75, 3.05) is 0 Å². The third kappa shape index (κ3) is 12600. The van der Waals surface area contributed by atoms with Crippen molar-refractivity contribution in [2.24, 2.45) is 0 Å². The van der Waals surface area contributed by atoms with Gasteiger partial charge in [0, 0.05) is 16.8 Å². The Labute approximate surface area is 108 Å². The first-order valence-electron chi connectivity index (χ1n) is 1.26. The van der Waals surface area contributed by atoms with E-state index in [2.05, 4.69) is 0 Å². The van der Waals surface area contributed by atoms with E-state index in [0.29, 0.717) is 0 Å². The van der Waals surface area contributed by atoms with Gasteiger partial charge in [-0.3, -0.25) is 0 Å². The summed E-state index contributed by atoms with van der Waals surface area (Å²) in [5.41, 5.74) is 0. The zero-order chi connectivity index (χ0) is 9.00. The first-order valence-corrected chi connectivity index (χ1v) is 3.79. The molecule has 0 aromatic rings. The number of hydrogen-bond donors (Lipinski definition) is 2. The van der Waals surface area contributed by atoms with Crippen LogP contribution in [-0.2, 0) is 16.8 Å². The van der Waals surface area contributed by atoms with Crippen molar-refractivity contribution in [3.05, 3.63) is 0 Å². The fraction of sp³-hybridized carbons (Fsp3) is 0. The minimum atomic E-state index is -4.69. The maximum Gasteiger partial charge on any atom is 0.0777 e. The SMILES string of the molecule is O.O.O.O.O.O.[Co].[O-][Cl+3]([O-])([O-])O.[O-][Cl+3]([O-])([O-])O. The van der Waals surface area contributed by atoms with E-state index < -0.39 is 20.5 Å². The third-order valence-electron chi connectivity index (χ3n) is 0. The molecule has 0 heterocycles. The minimum Gasteiger partial charge on any atom is -0.412 e. The molecule has 17 heavy (non-hydrogen) atoms. The number of rotatable bonds is 0. The van der Waals surface area contributed by atoms with Crippen LogP contribution < -0.4 is 28.0 Å². The smallest absolute Gasteiger partial charge is 0.0777 e. The summed E-state index contributed by atoms with van der Waals surface area (Å²) in [5, 5.41) is 0. The maximum absolute atomic E-state index is 8.60. The summed E-state index contributed by atoms with van der Waals surface area (Å²) >= 11 is 0. The zero-order valence-electron chi connectivity index (χ0n) is 7.43. The van der Waals surface area contributed by atoms with Gasteiger partial charge in [0.1, 0.15) is 0 Å². The second-order valence-electron chi connectivity index (χ2n) is 0.792. The van der Waals surface area contributed by atoms with Crippen LogP contribution >= 0.6 is 0 Å². The standard InChI is InChI=1S/2ClHO4.Co.6H2O/c2*2-1(3,4)5;;;;;;;/h2*(H,2,3,4,5);;6*1H2. The Bertz CT molecular complexity index is 57.2. The van der Waals surface area contributed by atoms with Crippen LogP contribution in [0.1, 0.15) is 0 Å². The molecule has 0 aromatic heterocycles. The average Bonchev–Trinajstić information content (AvgIpc) is 1.12. The van der Waals surface area contributed by atoms with Gasteiger partial charge in [0.25, 0.3) is 0 Å². The van der Waals surface area contributed by atoms with Gasteiger partial charge in [-0.15, -0.1) is 0 Å². The Morgan fingerprint density at radius 1 is 0.471 bits per heavy atom. The summed E-state index contributed by atoms with van der Waals surface area (Å²) in [7, 11) is -9.39. The molecule has 14 N–H and O–H groups in total. The molecule has 0 aromatic carbocycles. The van der Waals surface area contributed by atoms with Gasteiger partial charge in [0.2, 0.25) is 0 Å². The Hall–Kier alpha value is 0.526. The van der Waals surface area contributed by atoms with Crippen LogP contribution in [0.3, 0.4) is 0 Å². The molecule has 0 aliphatic rings. The predicted octanol–water partition coefficient (Wildman–Crippen LogP) is -13.2. The summed E-state index contributed by atoms with van der Waals surface area (Å²) < 4.78 is 65.4. The van der Waals surface area contributed by atoms with Crippen molar-refractivity contribution < 1.29 is 107 Å². The van der Waals surface area contributed by atoms with Crippen LogP contribution in [0.4, 0.5) is 0 Å². The molecule has 0 fully saturated rings. The Kier molecular flexibility index (Phi) is 98.3. The van der Waals surface area contributed by atoms with Crippen LogP contribution in [-0.4, -0.2) is 42.2 Å². The molecule has 0 rings (SSSR count). The minimum absolute atomic E-state index is 0. The van der Waals surface area contributed by atoms with Gasteiger partial charge in [0.15, 0.2) is 0 Å². The van der Waals surface area contributed by atoms with Gasteiger partial charge in [0.05, 0.1) is 29.8 Å². The quantitative estimate of drug-likeness (QED) is 0.412. The van der Waals surface area contributed by atoms with E-state index in [9.17, 15) is 0 Å². The normalized spacial score (nSPS) is 7.06. The molecule has 0 saturated heterocycles. The molecule has 0 bridgehead atoms. The van der Waals surface area contributed by atoms with Crippen LogP contribution in [0.25, 0.3) is 0 Å². The van der Waals surface area contributed by atoms with Crippen LogP contribution in [0.2, 0.25) is 0 Å². The maximum atomic E-state index is 8.60. The zero-order valence-corrected chi connectivity index (χ0v) is 9.99. The molecule has 0 aliphatic carbocycles. The van der Waals surface area contributed by atoms with Crippen molar-refractivity contribution in [2.45, 2.75) is 0 Å². The number of hydrogen-bond acceptors (Lipinski definition) is 8. The van der Waals surface area contributed by atoms with Gasteiger partial charge in [-0.25, -0.2) is 0 Å². The van der Waals surface area contributed by atoms with E-state index >= 15 is 0 Å². The van der Waals surface area contributed by atoms with E-state index in [4.69, 9.17) is 37.3 Å². The first kappa shape index (κ1) is 65.8. The second kappa shape index (κ2) is 25.4. The van der Waals surface area contributed by atoms with Gasteiger partial charge < -0.3 is 32.9 Å². The topological polar surface area (TPSA) is 368 Å². The molecule has 0 atom stereocenters. The van der Waals surface area contributed by atoms with E-state index in [-0.39, 0.29) is 49.6 Å². The first-order chi connectivity index (χ1) is 4.00. The van der Waals surface area contributed by atoms with Crippen LogP contribution in [0, 0.1) is 20.5 Å².